The van der Waals surface area contributed by atoms with E-state index in [0.29, 0.717) is 12.0 Å². The number of nitrogens with zero attached hydrogens (tertiary/aromatic N) is 3. The molecule has 2 aliphatic rings. The Bertz CT molecular complexity index is 455. The molecule has 0 unspecified atom stereocenters. The van der Waals surface area contributed by atoms with E-state index in [4.69, 9.17) is 0 Å². The molecule has 1 heterocycles. The summed E-state index contributed by atoms with van der Waals surface area (Å²) in [5.74, 6) is 3.10. The normalized spacial score (nSPS) is 19.6. The molecule has 1 aromatic heterocycles. The zero-order valence-corrected chi connectivity index (χ0v) is 13.7. The maximum Gasteiger partial charge on any atom is 0.191 e. The monoisotopic (exact) mass is 294 g/mol. The van der Waals surface area contributed by atoms with Gasteiger partial charge in [0.15, 0.2) is 5.16 Å². The molecule has 20 heavy (non-hydrogen) atoms. The van der Waals surface area contributed by atoms with Crippen molar-refractivity contribution in [2.75, 3.05) is 12.3 Å². The average Bonchev–Trinajstić information content (AvgIpc) is 3.27. The second-order valence-electron chi connectivity index (χ2n) is 7.10. The van der Waals surface area contributed by atoms with Gasteiger partial charge in [-0.25, -0.2) is 0 Å². The molecule has 112 valence electrons. The van der Waals surface area contributed by atoms with E-state index in [0.717, 1.165) is 17.5 Å². The minimum atomic E-state index is 0.220. The molecule has 4 nitrogen and oxygen atoms in total. The second kappa shape index (κ2) is 5.68. The van der Waals surface area contributed by atoms with Crippen LogP contribution in [0.3, 0.4) is 0 Å². The van der Waals surface area contributed by atoms with Crippen molar-refractivity contribution in [3.8, 4) is 0 Å². The van der Waals surface area contributed by atoms with Crippen LogP contribution in [0.25, 0.3) is 0 Å². The molecule has 1 N–H and O–H groups in total. The van der Waals surface area contributed by atoms with Crippen LogP contribution in [-0.2, 0) is 0 Å². The molecule has 3 rings (SSSR count). The lowest BCUT2D eigenvalue weighted by Gasteiger charge is -2.20. The fraction of sp³-hybridized carbons (Fsp3) is 0.867. The molecule has 0 radical (unpaired) electrons. The van der Waals surface area contributed by atoms with Crippen LogP contribution in [-0.4, -0.2) is 32.6 Å². The van der Waals surface area contributed by atoms with Crippen molar-refractivity contribution in [2.45, 2.75) is 75.5 Å². The van der Waals surface area contributed by atoms with Crippen molar-refractivity contribution in [3.05, 3.63) is 5.82 Å². The van der Waals surface area contributed by atoms with Crippen LogP contribution in [0, 0.1) is 0 Å². The SMILES string of the molecule is CC(C)(C)NCCCSc1nnc(C2CC2)n1C1CC1. The molecule has 2 fully saturated rings. The van der Waals surface area contributed by atoms with Crippen LogP contribution in [0.2, 0.25) is 0 Å². The summed E-state index contributed by atoms with van der Waals surface area (Å²) in [5, 5.41) is 13.6. The maximum absolute atomic E-state index is 4.45. The Balaban J connectivity index is 1.50. The summed E-state index contributed by atoms with van der Waals surface area (Å²) in [5.41, 5.74) is 0.220. The van der Waals surface area contributed by atoms with Crippen molar-refractivity contribution in [2.24, 2.45) is 0 Å². The Kier molecular flexibility index (Phi) is 4.09. The van der Waals surface area contributed by atoms with Gasteiger partial charge in [-0.15, -0.1) is 10.2 Å². The highest BCUT2D eigenvalue weighted by Crippen LogP contribution is 2.45. The van der Waals surface area contributed by atoms with Crippen LogP contribution in [0.4, 0.5) is 0 Å². The Hall–Kier alpha value is -0.550. The molecular weight excluding hydrogens is 268 g/mol. The summed E-state index contributed by atoms with van der Waals surface area (Å²) in [4.78, 5) is 0. The van der Waals surface area contributed by atoms with Gasteiger partial charge in [0.1, 0.15) is 5.82 Å². The molecule has 0 aromatic carbocycles. The Morgan fingerprint density at radius 3 is 2.55 bits per heavy atom. The zero-order valence-electron chi connectivity index (χ0n) is 12.9. The number of nitrogens with one attached hydrogen (secondary N) is 1. The smallest absolute Gasteiger partial charge is 0.191 e. The lowest BCUT2D eigenvalue weighted by atomic mass is 10.1. The number of aromatic nitrogens is 3. The first-order valence-electron chi connectivity index (χ1n) is 7.87. The van der Waals surface area contributed by atoms with Crippen molar-refractivity contribution < 1.29 is 0 Å². The van der Waals surface area contributed by atoms with Gasteiger partial charge in [-0.2, -0.15) is 0 Å². The first-order valence-corrected chi connectivity index (χ1v) is 8.86. The predicted molar refractivity (Wildman–Crippen MR) is 83.4 cm³/mol. The molecule has 1 aromatic rings. The van der Waals surface area contributed by atoms with Gasteiger partial charge in [-0.3, -0.25) is 0 Å². The topological polar surface area (TPSA) is 42.7 Å². The largest absolute Gasteiger partial charge is 0.312 e. The first-order chi connectivity index (χ1) is 9.54. The van der Waals surface area contributed by atoms with E-state index < -0.39 is 0 Å². The van der Waals surface area contributed by atoms with E-state index in [-0.39, 0.29) is 5.54 Å². The average molecular weight is 294 g/mol. The van der Waals surface area contributed by atoms with Crippen LogP contribution < -0.4 is 5.32 Å². The molecule has 2 saturated carbocycles. The number of hydrogen-bond donors (Lipinski definition) is 1. The molecule has 0 aliphatic heterocycles. The Labute approximate surface area is 126 Å². The Morgan fingerprint density at radius 2 is 1.95 bits per heavy atom. The predicted octanol–water partition coefficient (Wildman–Crippen LogP) is 3.36. The van der Waals surface area contributed by atoms with E-state index in [9.17, 15) is 0 Å². The number of thioether (sulfide) groups is 1. The standard InChI is InChI=1S/C15H26N4S/c1-15(2,3)16-9-4-10-20-14-18-17-13(11-5-6-11)19(14)12-7-8-12/h11-12,16H,4-10H2,1-3H3. The summed E-state index contributed by atoms with van der Waals surface area (Å²) in [7, 11) is 0. The first kappa shape index (κ1) is 14.4. The third-order valence-electron chi connectivity index (χ3n) is 3.75. The molecular formula is C15H26N4S. The second-order valence-corrected chi connectivity index (χ2v) is 8.16. The highest BCUT2D eigenvalue weighted by Gasteiger charge is 2.36. The molecule has 0 bridgehead atoms. The minimum Gasteiger partial charge on any atom is -0.312 e. The maximum atomic E-state index is 4.45. The van der Waals surface area contributed by atoms with Gasteiger partial charge in [0.2, 0.25) is 0 Å². The molecule has 0 atom stereocenters. The van der Waals surface area contributed by atoms with Crippen molar-refractivity contribution >= 4 is 11.8 Å². The van der Waals surface area contributed by atoms with Gasteiger partial charge in [-0.05, 0) is 59.4 Å². The quantitative estimate of drug-likeness (QED) is 0.618. The summed E-state index contributed by atoms with van der Waals surface area (Å²) in [6.45, 7) is 7.72. The van der Waals surface area contributed by atoms with E-state index in [2.05, 4.69) is 40.9 Å². The van der Waals surface area contributed by atoms with Gasteiger partial charge in [0, 0.05) is 23.3 Å². The van der Waals surface area contributed by atoms with E-state index in [1.165, 1.54) is 37.9 Å². The van der Waals surface area contributed by atoms with E-state index in [1.54, 1.807) is 0 Å². The fourth-order valence-corrected chi connectivity index (χ4v) is 3.33. The molecule has 5 heteroatoms. The summed E-state index contributed by atoms with van der Waals surface area (Å²) in [6, 6.07) is 0.704. The summed E-state index contributed by atoms with van der Waals surface area (Å²) in [6.07, 6.45) is 6.43. The molecule has 2 aliphatic carbocycles. The number of hydrogen-bond acceptors (Lipinski definition) is 4. The van der Waals surface area contributed by atoms with Crippen LogP contribution in [0.15, 0.2) is 5.16 Å². The highest BCUT2D eigenvalue weighted by molar-refractivity contribution is 7.99. The van der Waals surface area contributed by atoms with Gasteiger partial charge >= 0.3 is 0 Å². The van der Waals surface area contributed by atoms with E-state index in [1.807, 2.05) is 11.8 Å². The van der Waals surface area contributed by atoms with Gasteiger partial charge in [-0.1, -0.05) is 11.8 Å². The van der Waals surface area contributed by atoms with Gasteiger partial charge < -0.3 is 9.88 Å². The molecule has 0 amide bonds. The molecule has 0 spiro atoms. The fourth-order valence-electron chi connectivity index (χ4n) is 2.38. The van der Waals surface area contributed by atoms with Crippen LogP contribution >= 0.6 is 11.8 Å². The third kappa shape index (κ3) is 3.76. The lowest BCUT2D eigenvalue weighted by Crippen LogP contribution is -2.36. The van der Waals surface area contributed by atoms with Gasteiger partial charge in [0.05, 0.1) is 0 Å². The van der Waals surface area contributed by atoms with Crippen molar-refractivity contribution in [1.82, 2.24) is 20.1 Å². The third-order valence-corrected chi connectivity index (χ3v) is 4.78. The van der Waals surface area contributed by atoms with Crippen molar-refractivity contribution in [1.29, 1.82) is 0 Å². The highest BCUT2D eigenvalue weighted by atomic mass is 32.2. The van der Waals surface area contributed by atoms with Crippen LogP contribution in [0.5, 0.6) is 0 Å². The minimum absolute atomic E-state index is 0.220. The number of rotatable bonds is 7. The summed E-state index contributed by atoms with van der Waals surface area (Å²) < 4.78 is 2.44. The van der Waals surface area contributed by atoms with Gasteiger partial charge in [0.25, 0.3) is 0 Å². The summed E-state index contributed by atoms with van der Waals surface area (Å²) >= 11 is 1.88. The molecule has 0 saturated heterocycles. The lowest BCUT2D eigenvalue weighted by molar-refractivity contribution is 0.427. The van der Waals surface area contributed by atoms with Crippen LogP contribution in [0.1, 0.15) is 70.7 Å². The van der Waals surface area contributed by atoms with E-state index >= 15 is 0 Å². The zero-order chi connectivity index (χ0) is 14.2. The Morgan fingerprint density at radius 1 is 1.20 bits per heavy atom. The van der Waals surface area contributed by atoms with Crippen molar-refractivity contribution in [3.63, 3.8) is 0 Å².